The maximum atomic E-state index is 12.5. The number of carboxylic acid groups (broad SMARTS) is 1. The number of pyridine rings is 1. The molecule has 11 nitrogen and oxygen atoms in total. The summed E-state index contributed by atoms with van der Waals surface area (Å²) in [6.07, 6.45) is 3.43. The highest BCUT2D eigenvalue weighted by Crippen LogP contribution is 2.58. The van der Waals surface area contributed by atoms with Crippen molar-refractivity contribution in [3.8, 4) is 5.88 Å². The molecule has 5 amide bonds. The molecule has 1 aliphatic heterocycles. The van der Waals surface area contributed by atoms with E-state index in [4.69, 9.17) is 15.6 Å². The lowest BCUT2D eigenvalue weighted by Crippen LogP contribution is -2.60. The number of nitrogens with one attached hydrogen (secondary N) is 2. The average molecular weight is 417 g/mol. The molecular formula is C19H23N5O6. The molecule has 4 rings (SSSR count). The highest BCUT2D eigenvalue weighted by atomic mass is 16.5. The SMILES string of the molecule is NC(=O)c1cccnc1OC1CC2(C1)CC(N1C(=O)NC(CCNC(=O)O)C1=O)C2. The van der Waals surface area contributed by atoms with E-state index in [1.165, 1.54) is 11.1 Å². The van der Waals surface area contributed by atoms with E-state index in [2.05, 4.69) is 15.6 Å². The molecule has 1 spiro atoms. The van der Waals surface area contributed by atoms with Gasteiger partial charge in [-0.3, -0.25) is 14.5 Å². The summed E-state index contributed by atoms with van der Waals surface area (Å²) in [5.41, 5.74) is 5.62. The number of rotatable bonds is 7. The second-order valence-corrected chi connectivity index (χ2v) is 8.16. The Labute approximate surface area is 171 Å². The lowest BCUT2D eigenvalue weighted by molar-refractivity contribution is -0.140. The normalized spacial score (nSPS) is 29.7. The number of hydrogen-bond donors (Lipinski definition) is 4. The summed E-state index contributed by atoms with van der Waals surface area (Å²) < 4.78 is 5.83. The zero-order valence-electron chi connectivity index (χ0n) is 16.2. The van der Waals surface area contributed by atoms with E-state index < -0.39 is 24.1 Å². The van der Waals surface area contributed by atoms with Crippen molar-refractivity contribution in [3.05, 3.63) is 23.9 Å². The molecule has 1 atom stereocenters. The lowest BCUT2D eigenvalue weighted by Gasteiger charge is -2.58. The molecule has 1 aromatic heterocycles. The molecule has 2 saturated carbocycles. The van der Waals surface area contributed by atoms with Crippen molar-refractivity contribution in [2.24, 2.45) is 11.1 Å². The molecule has 0 aromatic carbocycles. The van der Waals surface area contributed by atoms with E-state index >= 15 is 0 Å². The van der Waals surface area contributed by atoms with Crippen LogP contribution in [-0.2, 0) is 4.79 Å². The molecule has 5 N–H and O–H groups in total. The first-order valence-electron chi connectivity index (χ1n) is 9.80. The summed E-state index contributed by atoms with van der Waals surface area (Å²) >= 11 is 0. The minimum atomic E-state index is -1.17. The maximum Gasteiger partial charge on any atom is 0.404 e. The summed E-state index contributed by atoms with van der Waals surface area (Å²) in [4.78, 5) is 52.1. The van der Waals surface area contributed by atoms with Crippen LogP contribution in [0.15, 0.2) is 18.3 Å². The third-order valence-corrected chi connectivity index (χ3v) is 6.10. The number of ether oxygens (including phenoxy) is 1. The summed E-state index contributed by atoms with van der Waals surface area (Å²) in [6, 6.07) is 1.90. The molecular weight excluding hydrogens is 394 g/mol. The van der Waals surface area contributed by atoms with E-state index in [9.17, 15) is 19.2 Å². The molecule has 160 valence electrons. The Kier molecular flexibility index (Phi) is 4.96. The van der Waals surface area contributed by atoms with E-state index in [0.29, 0.717) is 12.8 Å². The lowest BCUT2D eigenvalue weighted by atomic mass is 9.52. The van der Waals surface area contributed by atoms with Gasteiger partial charge in [-0.2, -0.15) is 0 Å². The first-order valence-corrected chi connectivity index (χ1v) is 9.80. The van der Waals surface area contributed by atoms with Gasteiger partial charge >= 0.3 is 12.1 Å². The average Bonchev–Trinajstić information content (AvgIpc) is 2.90. The Bertz CT molecular complexity index is 891. The van der Waals surface area contributed by atoms with E-state index in [-0.39, 0.29) is 47.9 Å². The van der Waals surface area contributed by atoms with Crippen molar-refractivity contribution in [1.29, 1.82) is 0 Å². The van der Waals surface area contributed by atoms with Gasteiger partial charge in [0.1, 0.15) is 17.7 Å². The van der Waals surface area contributed by atoms with Crippen LogP contribution in [0.5, 0.6) is 5.88 Å². The van der Waals surface area contributed by atoms with Gasteiger partial charge in [-0.05, 0) is 49.7 Å². The van der Waals surface area contributed by atoms with Crippen molar-refractivity contribution in [1.82, 2.24) is 20.5 Å². The number of amides is 5. The quantitative estimate of drug-likeness (QED) is 0.468. The summed E-state index contributed by atoms with van der Waals surface area (Å²) in [5, 5.41) is 13.4. The Hall–Kier alpha value is -3.37. The second kappa shape index (κ2) is 7.47. The zero-order valence-corrected chi connectivity index (χ0v) is 16.2. The first kappa shape index (κ1) is 19.9. The van der Waals surface area contributed by atoms with Crippen molar-refractivity contribution >= 4 is 23.9 Å². The summed E-state index contributed by atoms with van der Waals surface area (Å²) in [7, 11) is 0. The van der Waals surface area contributed by atoms with Crippen LogP contribution in [0.2, 0.25) is 0 Å². The molecule has 0 radical (unpaired) electrons. The van der Waals surface area contributed by atoms with Crippen molar-refractivity contribution in [3.63, 3.8) is 0 Å². The van der Waals surface area contributed by atoms with Gasteiger partial charge in [0, 0.05) is 18.8 Å². The number of urea groups is 1. The van der Waals surface area contributed by atoms with Crippen LogP contribution < -0.4 is 21.1 Å². The number of carbonyl (C=O) groups excluding carboxylic acids is 3. The predicted molar refractivity (Wildman–Crippen MR) is 102 cm³/mol. The Morgan fingerprint density at radius 3 is 2.73 bits per heavy atom. The standard InChI is InChI=1S/C19H23N5O6/c20-14(25)12-2-1-4-21-15(12)30-11-8-19(9-11)6-10(7-19)24-16(26)13(23-17(24)27)3-5-22-18(28)29/h1-2,4,10-11,13,22H,3,5-9H2,(H2,20,25)(H,23,27)(H,28,29). The fraction of sp³-hybridized carbons (Fsp3) is 0.526. The molecule has 1 saturated heterocycles. The number of imide groups is 1. The molecule has 3 aliphatic rings. The van der Waals surface area contributed by atoms with Gasteiger partial charge < -0.3 is 26.2 Å². The largest absolute Gasteiger partial charge is 0.474 e. The fourth-order valence-electron chi connectivity index (χ4n) is 4.69. The number of hydrogen-bond acceptors (Lipinski definition) is 6. The zero-order chi connectivity index (χ0) is 21.5. The predicted octanol–water partition coefficient (Wildman–Crippen LogP) is 0.449. The first-order chi connectivity index (χ1) is 14.3. The van der Waals surface area contributed by atoms with Crippen molar-refractivity contribution in [2.45, 2.75) is 50.3 Å². The molecule has 11 heteroatoms. The minimum absolute atomic E-state index is 0.0283. The van der Waals surface area contributed by atoms with Crippen LogP contribution in [0.25, 0.3) is 0 Å². The van der Waals surface area contributed by atoms with Gasteiger partial charge in [0.2, 0.25) is 5.88 Å². The molecule has 30 heavy (non-hydrogen) atoms. The number of primary amides is 1. The van der Waals surface area contributed by atoms with Gasteiger partial charge in [0.15, 0.2) is 0 Å². The van der Waals surface area contributed by atoms with Gasteiger partial charge in [-0.1, -0.05) is 0 Å². The Morgan fingerprint density at radius 1 is 1.33 bits per heavy atom. The number of nitrogens with two attached hydrogens (primary N) is 1. The number of aromatic nitrogens is 1. The molecule has 2 heterocycles. The second-order valence-electron chi connectivity index (χ2n) is 8.16. The van der Waals surface area contributed by atoms with Crippen LogP contribution >= 0.6 is 0 Å². The minimum Gasteiger partial charge on any atom is -0.474 e. The van der Waals surface area contributed by atoms with Crippen LogP contribution in [0.3, 0.4) is 0 Å². The molecule has 0 bridgehead atoms. The van der Waals surface area contributed by atoms with Gasteiger partial charge in [0.25, 0.3) is 11.8 Å². The van der Waals surface area contributed by atoms with E-state index in [0.717, 1.165) is 12.8 Å². The van der Waals surface area contributed by atoms with Gasteiger partial charge in [-0.25, -0.2) is 14.6 Å². The Morgan fingerprint density at radius 2 is 2.07 bits per heavy atom. The highest BCUT2D eigenvalue weighted by molar-refractivity contribution is 6.04. The highest BCUT2D eigenvalue weighted by Gasteiger charge is 2.58. The van der Waals surface area contributed by atoms with Gasteiger partial charge in [0.05, 0.1) is 0 Å². The molecule has 1 aromatic rings. The van der Waals surface area contributed by atoms with Crippen LogP contribution in [0.1, 0.15) is 42.5 Å². The van der Waals surface area contributed by atoms with E-state index in [1.807, 2.05) is 0 Å². The summed E-state index contributed by atoms with van der Waals surface area (Å²) in [6.45, 7) is 0.0916. The monoisotopic (exact) mass is 417 g/mol. The Balaban J connectivity index is 1.27. The van der Waals surface area contributed by atoms with Gasteiger partial charge in [-0.15, -0.1) is 0 Å². The van der Waals surface area contributed by atoms with Crippen LogP contribution in [0, 0.1) is 5.41 Å². The maximum absolute atomic E-state index is 12.5. The number of carbonyl (C=O) groups is 4. The topological polar surface area (TPSA) is 164 Å². The number of nitrogens with zero attached hydrogens (tertiary/aromatic N) is 2. The molecule has 2 aliphatic carbocycles. The van der Waals surface area contributed by atoms with Crippen LogP contribution in [0.4, 0.5) is 9.59 Å². The van der Waals surface area contributed by atoms with E-state index in [1.54, 1.807) is 12.1 Å². The smallest absolute Gasteiger partial charge is 0.404 e. The third-order valence-electron chi connectivity index (χ3n) is 6.10. The third kappa shape index (κ3) is 3.62. The van der Waals surface area contributed by atoms with Crippen LogP contribution in [-0.4, -0.2) is 63.7 Å². The molecule has 1 unspecified atom stereocenters. The summed E-state index contributed by atoms with van der Waals surface area (Å²) in [5.74, 6) is -0.672. The fourth-order valence-corrected chi connectivity index (χ4v) is 4.69. The van der Waals surface area contributed by atoms with Crippen molar-refractivity contribution < 1.29 is 29.0 Å². The molecule has 3 fully saturated rings. The van der Waals surface area contributed by atoms with Crippen molar-refractivity contribution in [2.75, 3.05) is 6.54 Å².